The zero-order valence-corrected chi connectivity index (χ0v) is 21.2. The van der Waals surface area contributed by atoms with Gasteiger partial charge in [-0.25, -0.2) is 0 Å². The highest BCUT2D eigenvalue weighted by Crippen LogP contribution is 2.55. The van der Waals surface area contributed by atoms with Gasteiger partial charge in [-0.2, -0.15) is 0 Å². The molecule has 5 heteroatoms. The average molecular weight is 481 g/mol. The first-order chi connectivity index (χ1) is 16.0. The van der Waals surface area contributed by atoms with Gasteiger partial charge in [0.25, 0.3) is 0 Å². The van der Waals surface area contributed by atoms with E-state index in [0.29, 0.717) is 23.7 Å². The minimum atomic E-state index is -1.04. The van der Waals surface area contributed by atoms with Gasteiger partial charge >= 0.3 is 0 Å². The SMILES string of the molecule is CC(O)OCC(O)OC(C1CCCCC1)(C1CCC(C2C=CC=C2)CC1)C1CCCCC1Cl. The van der Waals surface area contributed by atoms with Crippen molar-refractivity contribution in [1.29, 1.82) is 0 Å². The monoisotopic (exact) mass is 480 g/mol. The summed E-state index contributed by atoms with van der Waals surface area (Å²) in [4.78, 5) is 0. The summed E-state index contributed by atoms with van der Waals surface area (Å²) in [6, 6.07) is 0. The van der Waals surface area contributed by atoms with Crippen LogP contribution < -0.4 is 0 Å². The van der Waals surface area contributed by atoms with Crippen LogP contribution in [0.3, 0.4) is 0 Å². The third kappa shape index (κ3) is 6.06. The van der Waals surface area contributed by atoms with Crippen molar-refractivity contribution in [2.24, 2.45) is 29.6 Å². The zero-order valence-electron chi connectivity index (χ0n) is 20.4. The Morgan fingerprint density at radius 3 is 2.09 bits per heavy atom. The van der Waals surface area contributed by atoms with Gasteiger partial charge in [0.2, 0.25) is 0 Å². The molecule has 3 saturated carbocycles. The van der Waals surface area contributed by atoms with Crippen molar-refractivity contribution in [3.8, 4) is 0 Å². The molecule has 0 bridgehead atoms. The lowest BCUT2D eigenvalue weighted by molar-refractivity contribution is -0.281. The van der Waals surface area contributed by atoms with E-state index in [9.17, 15) is 10.2 Å². The average Bonchev–Trinajstić information content (AvgIpc) is 3.38. The summed E-state index contributed by atoms with van der Waals surface area (Å²) in [5, 5.41) is 20.7. The number of rotatable bonds is 9. The first kappa shape index (κ1) is 25.7. The number of allylic oxidation sites excluding steroid dienone is 4. The highest BCUT2D eigenvalue weighted by molar-refractivity contribution is 6.20. The third-order valence-corrected chi connectivity index (χ3v) is 9.58. The van der Waals surface area contributed by atoms with E-state index in [1.807, 2.05) is 0 Å². The normalized spacial score (nSPS) is 35.4. The molecule has 5 atom stereocenters. The third-order valence-electron chi connectivity index (χ3n) is 9.06. The molecule has 188 valence electrons. The molecule has 0 heterocycles. The molecule has 0 aliphatic heterocycles. The second-order valence-electron chi connectivity index (χ2n) is 11.1. The minimum Gasteiger partial charge on any atom is -0.368 e. The van der Waals surface area contributed by atoms with Crippen LogP contribution in [0.15, 0.2) is 24.3 Å². The molecule has 33 heavy (non-hydrogen) atoms. The molecule has 4 rings (SSSR count). The van der Waals surface area contributed by atoms with Crippen molar-refractivity contribution in [3.63, 3.8) is 0 Å². The van der Waals surface area contributed by atoms with Crippen molar-refractivity contribution in [3.05, 3.63) is 24.3 Å². The number of aliphatic hydroxyl groups excluding tert-OH is 2. The van der Waals surface area contributed by atoms with E-state index in [4.69, 9.17) is 21.1 Å². The van der Waals surface area contributed by atoms with Crippen molar-refractivity contribution >= 4 is 11.6 Å². The van der Waals surface area contributed by atoms with Crippen molar-refractivity contribution in [2.75, 3.05) is 6.61 Å². The van der Waals surface area contributed by atoms with Gasteiger partial charge in [-0.1, -0.05) is 56.4 Å². The molecule has 2 N–H and O–H groups in total. The highest BCUT2D eigenvalue weighted by atomic mass is 35.5. The van der Waals surface area contributed by atoms with Crippen molar-refractivity contribution in [1.82, 2.24) is 0 Å². The van der Waals surface area contributed by atoms with Crippen LogP contribution in [0.2, 0.25) is 0 Å². The summed E-state index contributed by atoms with van der Waals surface area (Å²) in [6.45, 7) is 1.57. The van der Waals surface area contributed by atoms with Crippen LogP contribution in [0.25, 0.3) is 0 Å². The van der Waals surface area contributed by atoms with Gasteiger partial charge in [0.15, 0.2) is 12.6 Å². The van der Waals surface area contributed by atoms with E-state index >= 15 is 0 Å². The maximum atomic E-state index is 11.0. The Morgan fingerprint density at radius 1 is 0.848 bits per heavy atom. The second kappa shape index (κ2) is 12.0. The summed E-state index contributed by atoms with van der Waals surface area (Å²) in [5.41, 5.74) is -0.402. The Bertz CT molecular complexity index is 638. The van der Waals surface area contributed by atoms with E-state index in [1.165, 1.54) is 44.9 Å². The smallest absolute Gasteiger partial charge is 0.179 e. The maximum Gasteiger partial charge on any atom is 0.179 e. The number of hydrogen-bond donors (Lipinski definition) is 2. The standard InChI is InChI=1S/C28H45ClO4/c1-20(30)32-19-27(31)33-28(23-11-3-2-4-12-23,25-13-7-8-14-26(25)29)24-17-15-22(16-18-24)21-9-5-6-10-21/h5-6,9-10,20-27,30-31H,2-4,7-8,11-19H2,1H3. The molecule has 4 nitrogen and oxygen atoms in total. The van der Waals surface area contributed by atoms with Crippen LogP contribution in [-0.4, -0.2) is 40.4 Å². The van der Waals surface area contributed by atoms with E-state index in [-0.39, 0.29) is 17.9 Å². The summed E-state index contributed by atoms with van der Waals surface area (Å²) < 4.78 is 12.2. The van der Waals surface area contributed by atoms with Gasteiger partial charge in [-0.15, -0.1) is 11.6 Å². The number of alkyl halides is 1. The quantitative estimate of drug-likeness (QED) is 0.298. The molecular weight excluding hydrogens is 436 g/mol. The lowest BCUT2D eigenvalue weighted by atomic mass is 9.57. The Balaban J connectivity index is 1.60. The van der Waals surface area contributed by atoms with Crippen LogP contribution in [0.1, 0.15) is 90.4 Å². The predicted molar refractivity (Wildman–Crippen MR) is 133 cm³/mol. The number of halogens is 1. The molecule has 4 aliphatic carbocycles. The van der Waals surface area contributed by atoms with Crippen LogP contribution in [0.5, 0.6) is 0 Å². The van der Waals surface area contributed by atoms with Gasteiger partial charge in [0.05, 0.1) is 5.60 Å². The molecule has 4 aliphatic rings. The van der Waals surface area contributed by atoms with Crippen LogP contribution in [0.4, 0.5) is 0 Å². The Kier molecular flexibility index (Phi) is 9.37. The molecule has 0 aromatic heterocycles. The van der Waals surface area contributed by atoms with Gasteiger partial charge in [-0.05, 0) is 82.0 Å². The highest BCUT2D eigenvalue weighted by Gasteiger charge is 2.55. The summed E-state index contributed by atoms with van der Waals surface area (Å²) in [5.74, 6) is 2.41. The molecule has 5 unspecified atom stereocenters. The van der Waals surface area contributed by atoms with Gasteiger partial charge in [0.1, 0.15) is 6.61 Å². The molecule has 0 saturated heterocycles. The number of hydrogen-bond acceptors (Lipinski definition) is 4. The molecule has 0 radical (unpaired) electrons. The molecule has 0 aromatic carbocycles. The molecular formula is C28H45ClO4. The lowest BCUT2D eigenvalue weighted by Gasteiger charge is -2.56. The van der Waals surface area contributed by atoms with Crippen LogP contribution in [0, 0.1) is 29.6 Å². The molecule has 0 aromatic rings. The van der Waals surface area contributed by atoms with Crippen LogP contribution >= 0.6 is 11.6 Å². The minimum absolute atomic E-state index is 0.00117. The fourth-order valence-corrected chi connectivity index (χ4v) is 8.05. The summed E-state index contributed by atoms with van der Waals surface area (Å²) in [6.07, 6.45) is 22.4. The van der Waals surface area contributed by atoms with Gasteiger partial charge in [-0.3, -0.25) is 0 Å². The Hall–Kier alpha value is -0.390. The molecule has 3 fully saturated rings. The van der Waals surface area contributed by atoms with Crippen LogP contribution in [-0.2, 0) is 9.47 Å². The fourth-order valence-electron chi connectivity index (χ4n) is 7.58. The maximum absolute atomic E-state index is 11.0. The summed E-state index contributed by atoms with van der Waals surface area (Å²) in [7, 11) is 0. The largest absolute Gasteiger partial charge is 0.368 e. The predicted octanol–water partition coefficient (Wildman–Crippen LogP) is 6.34. The lowest BCUT2D eigenvalue weighted by Crippen LogP contribution is -2.59. The van der Waals surface area contributed by atoms with Gasteiger partial charge in [0, 0.05) is 11.3 Å². The second-order valence-corrected chi connectivity index (χ2v) is 11.6. The summed E-state index contributed by atoms with van der Waals surface area (Å²) >= 11 is 7.10. The fraction of sp³-hybridized carbons (Fsp3) is 0.857. The molecule has 0 amide bonds. The van der Waals surface area contributed by atoms with Gasteiger partial charge < -0.3 is 19.7 Å². The van der Waals surface area contributed by atoms with E-state index in [2.05, 4.69) is 24.3 Å². The molecule has 0 spiro atoms. The van der Waals surface area contributed by atoms with Crippen molar-refractivity contribution < 1.29 is 19.7 Å². The first-order valence-corrected chi connectivity index (χ1v) is 14.1. The Morgan fingerprint density at radius 2 is 1.45 bits per heavy atom. The van der Waals surface area contributed by atoms with E-state index in [1.54, 1.807) is 6.92 Å². The van der Waals surface area contributed by atoms with E-state index < -0.39 is 18.2 Å². The zero-order chi connectivity index (χ0) is 23.3. The first-order valence-electron chi connectivity index (χ1n) is 13.6. The Labute approximate surface area is 205 Å². The number of ether oxygens (including phenoxy) is 2. The number of aliphatic hydroxyl groups is 2. The topological polar surface area (TPSA) is 58.9 Å². The van der Waals surface area contributed by atoms with Crippen molar-refractivity contribution in [2.45, 2.75) is 114 Å². The van der Waals surface area contributed by atoms with E-state index in [0.717, 1.165) is 38.5 Å².